The van der Waals surface area contributed by atoms with Gasteiger partial charge in [-0.1, -0.05) is 54.6 Å². The topological polar surface area (TPSA) is 21.5 Å². The number of nitrogens with zero attached hydrogens (tertiary/aromatic N) is 1. The van der Waals surface area contributed by atoms with Crippen molar-refractivity contribution in [2.75, 3.05) is 0 Å². The Morgan fingerprint density at radius 2 is 1.56 bits per heavy atom. The first-order valence-electron chi connectivity index (χ1n) is 7.66. The highest BCUT2D eigenvalue weighted by Crippen LogP contribution is 2.38. The van der Waals surface area contributed by atoms with Crippen molar-refractivity contribution >= 4 is 22.1 Å². The van der Waals surface area contributed by atoms with E-state index >= 15 is 0 Å². The van der Waals surface area contributed by atoms with Crippen molar-refractivity contribution in [1.82, 2.24) is 4.40 Å². The number of carbonyl (C=O) groups is 1. The van der Waals surface area contributed by atoms with E-state index in [-0.39, 0.29) is 11.2 Å². The molecule has 0 unspecified atom stereocenters. The van der Waals surface area contributed by atoms with Crippen LogP contribution < -0.4 is 0 Å². The molecular formula is C20H12F3NO. The molecule has 0 bridgehead atoms. The second-order valence-electron chi connectivity index (χ2n) is 5.76. The van der Waals surface area contributed by atoms with Gasteiger partial charge in [0.2, 0.25) is 5.78 Å². The van der Waals surface area contributed by atoms with Crippen LogP contribution >= 0.6 is 0 Å². The van der Waals surface area contributed by atoms with E-state index in [1.54, 1.807) is 60.7 Å². The predicted molar refractivity (Wildman–Crippen MR) is 89.8 cm³/mol. The molecule has 5 heteroatoms. The summed E-state index contributed by atoms with van der Waals surface area (Å²) >= 11 is 0. The molecule has 25 heavy (non-hydrogen) atoms. The molecular weight excluding hydrogens is 327 g/mol. The fourth-order valence-electron chi connectivity index (χ4n) is 3.10. The van der Waals surface area contributed by atoms with Crippen LogP contribution in [-0.2, 0) is 6.18 Å². The molecule has 2 heterocycles. The van der Waals surface area contributed by atoms with Crippen LogP contribution in [0.3, 0.4) is 0 Å². The molecule has 4 aromatic rings. The van der Waals surface area contributed by atoms with Gasteiger partial charge in [0.05, 0.1) is 16.8 Å². The molecule has 0 aliphatic rings. The lowest BCUT2D eigenvalue weighted by Gasteiger charge is -2.08. The molecule has 0 aliphatic heterocycles. The smallest absolute Gasteiger partial charge is 0.312 e. The van der Waals surface area contributed by atoms with Crippen LogP contribution in [0.15, 0.2) is 72.9 Å². The van der Waals surface area contributed by atoms with Crippen molar-refractivity contribution < 1.29 is 18.0 Å². The first kappa shape index (κ1) is 15.4. The summed E-state index contributed by atoms with van der Waals surface area (Å²) in [5, 5.41) is 1.15. The Balaban J connectivity index is 2.07. The van der Waals surface area contributed by atoms with Crippen LogP contribution in [0.25, 0.3) is 16.3 Å². The van der Waals surface area contributed by atoms with Crippen LogP contribution in [0.4, 0.5) is 13.2 Å². The predicted octanol–water partition coefficient (Wildman–Crippen LogP) is 5.34. The Morgan fingerprint density at radius 1 is 0.880 bits per heavy atom. The number of rotatable bonds is 2. The molecule has 2 aromatic heterocycles. The third-order valence-corrected chi connectivity index (χ3v) is 4.23. The number of fused-ring (bicyclic) bond motifs is 3. The number of hydrogen-bond acceptors (Lipinski definition) is 1. The van der Waals surface area contributed by atoms with Crippen molar-refractivity contribution in [3.63, 3.8) is 0 Å². The van der Waals surface area contributed by atoms with Crippen LogP contribution in [-0.4, -0.2) is 10.2 Å². The van der Waals surface area contributed by atoms with E-state index in [1.165, 1.54) is 10.6 Å². The molecule has 0 N–H and O–H groups in total. The minimum Gasteiger partial charge on any atom is -0.312 e. The summed E-state index contributed by atoms with van der Waals surface area (Å²) in [6.07, 6.45) is -3.03. The first-order valence-corrected chi connectivity index (χ1v) is 7.66. The third-order valence-electron chi connectivity index (χ3n) is 4.23. The second kappa shape index (κ2) is 5.48. The van der Waals surface area contributed by atoms with E-state index in [1.807, 2.05) is 0 Å². The van der Waals surface area contributed by atoms with Crippen molar-refractivity contribution in [3.8, 4) is 0 Å². The molecule has 0 fully saturated rings. The van der Waals surface area contributed by atoms with Gasteiger partial charge in [0.1, 0.15) is 0 Å². The van der Waals surface area contributed by atoms with Gasteiger partial charge < -0.3 is 4.40 Å². The number of carbonyl (C=O) groups excluding carboxylic acids is 1. The average molecular weight is 339 g/mol. The van der Waals surface area contributed by atoms with Gasteiger partial charge in [-0.25, -0.2) is 0 Å². The maximum Gasteiger partial charge on any atom is 0.418 e. The molecule has 2 aromatic carbocycles. The van der Waals surface area contributed by atoms with Crippen molar-refractivity contribution in [2.45, 2.75) is 6.18 Å². The lowest BCUT2D eigenvalue weighted by atomic mass is 10.1. The summed E-state index contributed by atoms with van der Waals surface area (Å²) in [5.41, 5.74) is -0.448. The monoisotopic (exact) mass is 339 g/mol. The van der Waals surface area contributed by atoms with E-state index in [2.05, 4.69) is 0 Å². The van der Waals surface area contributed by atoms with Crippen molar-refractivity contribution in [2.24, 2.45) is 0 Å². The standard InChI is InChI=1S/C20H12F3NO/c21-20(22,23)16-12-17(19(25)14-7-2-1-3-8-14)24-11-10-13-6-4-5-9-15(13)18(16)24/h1-12H. The fraction of sp³-hybridized carbons (Fsp3) is 0.0500. The SMILES string of the molecule is O=C(c1ccccc1)c1cc(C(F)(F)F)c2c3ccccc3ccn12. The van der Waals surface area contributed by atoms with Gasteiger partial charge in [0.25, 0.3) is 0 Å². The number of benzene rings is 2. The van der Waals surface area contributed by atoms with Gasteiger partial charge in [-0.05, 0) is 17.5 Å². The van der Waals surface area contributed by atoms with E-state index in [0.29, 0.717) is 16.3 Å². The molecule has 0 spiro atoms. The molecule has 0 atom stereocenters. The van der Waals surface area contributed by atoms with Gasteiger partial charge in [0.15, 0.2) is 0 Å². The molecule has 0 aliphatic carbocycles. The van der Waals surface area contributed by atoms with E-state index in [4.69, 9.17) is 0 Å². The maximum absolute atomic E-state index is 13.6. The Kier molecular flexibility index (Phi) is 3.39. The Hall–Kier alpha value is -3.08. The molecule has 4 rings (SSSR count). The van der Waals surface area contributed by atoms with Crippen LogP contribution in [0.5, 0.6) is 0 Å². The first-order chi connectivity index (χ1) is 12.0. The van der Waals surface area contributed by atoms with Gasteiger partial charge >= 0.3 is 6.18 Å². The van der Waals surface area contributed by atoms with Gasteiger partial charge in [-0.3, -0.25) is 4.79 Å². The minimum atomic E-state index is -4.55. The van der Waals surface area contributed by atoms with Crippen molar-refractivity contribution in [3.05, 3.63) is 89.7 Å². The van der Waals surface area contributed by atoms with E-state index in [0.717, 1.165) is 6.07 Å². The van der Waals surface area contributed by atoms with Gasteiger partial charge in [-0.15, -0.1) is 0 Å². The second-order valence-corrected chi connectivity index (χ2v) is 5.76. The minimum absolute atomic E-state index is 0.000668. The highest BCUT2D eigenvalue weighted by atomic mass is 19.4. The van der Waals surface area contributed by atoms with E-state index in [9.17, 15) is 18.0 Å². The highest BCUT2D eigenvalue weighted by molar-refractivity contribution is 6.10. The molecule has 0 saturated heterocycles. The fourth-order valence-corrected chi connectivity index (χ4v) is 3.10. The summed E-state index contributed by atoms with van der Waals surface area (Å²) in [7, 11) is 0. The maximum atomic E-state index is 13.6. The molecule has 2 nitrogen and oxygen atoms in total. The molecule has 0 radical (unpaired) electrons. The molecule has 0 amide bonds. The summed E-state index contributed by atoms with van der Waals surface area (Å²) < 4.78 is 42.1. The van der Waals surface area contributed by atoms with Gasteiger partial charge in [0, 0.05) is 17.1 Å². The van der Waals surface area contributed by atoms with Crippen LogP contribution in [0.1, 0.15) is 21.6 Å². The normalized spacial score (nSPS) is 12.0. The molecule has 124 valence electrons. The zero-order chi connectivity index (χ0) is 17.6. The number of hydrogen-bond donors (Lipinski definition) is 0. The van der Waals surface area contributed by atoms with Crippen LogP contribution in [0, 0.1) is 0 Å². The number of aromatic nitrogens is 1. The lowest BCUT2D eigenvalue weighted by Crippen LogP contribution is -2.04. The number of ketones is 1. The lowest BCUT2D eigenvalue weighted by molar-refractivity contribution is -0.136. The third kappa shape index (κ3) is 2.48. The Labute approximate surface area is 141 Å². The van der Waals surface area contributed by atoms with E-state index < -0.39 is 17.5 Å². The zero-order valence-electron chi connectivity index (χ0n) is 12.9. The molecule has 0 saturated carbocycles. The number of halogens is 3. The number of pyridine rings is 1. The summed E-state index contributed by atoms with van der Waals surface area (Å²) in [5.74, 6) is -0.443. The van der Waals surface area contributed by atoms with Crippen LogP contribution in [0.2, 0.25) is 0 Å². The number of alkyl halides is 3. The summed E-state index contributed by atoms with van der Waals surface area (Å²) in [6.45, 7) is 0. The average Bonchev–Trinajstić information content (AvgIpc) is 3.02. The Bertz CT molecular complexity index is 1090. The zero-order valence-corrected chi connectivity index (χ0v) is 12.9. The Morgan fingerprint density at radius 3 is 2.28 bits per heavy atom. The summed E-state index contributed by atoms with van der Waals surface area (Å²) in [6, 6.07) is 17.8. The van der Waals surface area contributed by atoms with Gasteiger partial charge in [-0.2, -0.15) is 13.2 Å². The largest absolute Gasteiger partial charge is 0.418 e. The summed E-state index contributed by atoms with van der Waals surface area (Å²) in [4.78, 5) is 12.7. The quantitative estimate of drug-likeness (QED) is 0.452. The highest BCUT2D eigenvalue weighted by Gasteiger charge is 2.36. The van der Waals surface area contributed by atoms with Crippen molar-refractivity contribution in [1.29, 1.82) is 0 Å².